The average Bonchev–Trinajstić information content (AvgIpc) is 3.51. The summed E-state index contributed by atoms with van der Waals surface area (Å²) in [7, 11) is 0. The first kappa shape index (κ1) is 20.9. The fourth-order valence-electron chi connectivity index (χ4n) is 4.17. The lowest BCUT2D eigenvalue weighted by Gasteiger charge is -2.10. The molecule has 0 unspecified atom stereocenters. The Kier molecular flexibility index (Phi) is 5.60. The molecule has 3 aromatic carbocycles. The lowest BCUT2D eigenvalue weighted by molar-refractivity contribution is -0.119. The van der Waals surface area contributed by atoms with Crippen molar-refractivity contribution >= 4 is 34.2 Å². The minimum atomic E-state index is -0.358. The number of H-pyrrole nitrogens is 1. The molecule has 0 aliphatic heterocycles. The van der Waals surface area contributed by atoms with Gasteiger partial charge in [0.25, 0.3) is 5.91 Å². The molecule has 0 saturated heterocycles. The van der Waals surface area contributed by atoms with Crippen molar-refractivity contribution in [2.75, 3.05) is 10.6 Å². The predicted molar refractivity (Wildman–Crippen MR) is 126 cm³/mol. The van der Waals surface area contributed by atoms with Crippen LogP contribution in [0.15, 0.2) is 66.7 Å². The SMILES string of the molecule is O=C(Nc1ccc(F)cc1)c1ccc2nc(-c3ccc(NC(=O)C4CCCC4)cc3)[nH]c2c1. The van der Waals surface area contributed by atoms with Crippen LogP contribution in [0.1, 0.15) is 36.0 Å². The highest BCUT2D eigenvalue weighted by molar-refractivity contribution is 6.06. The maximum Gasteiger partial charge on any atom is 0.255 e. The Bertz CT molecular complexity index is 1310. The molecule has 1 aromatic heterocycles. The number of nitrogens with one attached hydrogen (secondary N) is 3. The van der Waals surface area contributed by atoms with Gasteiger partial charge in [0.2, 0.25) is 5.91 Å². The zero-order valence-corrected chi connectivity index (χ0v) is 17.9. The van der Waals surface area contributed by atoms with Crippen LogP contribution in [0.5, 0.6) is 0 Å². The van der Waals surface area contributed by atoms with Crippen molar-refractivity contribution in [1.29, 1.82) is 0 Å². The van der Waals surface area contributed by atoms with Gasteiger partial charge in [-0.3, -0.25) is 9.59 Å². The van der Waals surface area contributed by atoms with Gasteiger partial charge >= 0.3 is 0 Å². The summed E-state index contributed by atoms with van der Waals surface area (Å²) in [6, 6.07) is 18.4. The number of fused-ring (bicyclic) bond motifs is 1. The minimum absolute atomic E-state index is 0.0930. The Morgan fingerprint density at radius 1 is 0.879 bits per heavy atom. The van der Waals surface area contributed by atoms with Gasteiger partial charge in [-0.1, -0.05) is 12.8 Å². The minimum Gasteiger partial charge on any atom is -0.338 e. The van der Waals surface area contributed by atoms with Gasteiger partial charge in [0.1, 0.15) is 11.6 Å². The molecule has 0 spiro atoms. The molecule has 1 saturated carbocycles. The summed E-state index contributed by atoms with van der Waals surface area (Å²) in [6.07, 6.45) is 4.18. The van der Waals surface area contributed by atoms with Crippen LogP contribution in [-0.4, -0.2) is 21.8 Å². The number of aromatic nitrogens is 2. The van der Waals surface area contributed by atoms with E-state index in [2.05, 4.69) is 20.6 Å². The van der Waals surface area contributed by atoms with Gasteiger partial charge in [-0.2, -0.15) is 0 Å². The summed E-state index contributed by atoms with van der Waals surface area (Å²) >= 11 is 0. The van der Waals surface area contributed by atoms with Crippen molar-refractivity contribution in [3.63, 3.8) is 0 Å². The zero-order valence-electron chi connectivity index (χ0n) is 17.9. The molecule has 1 aliphatic rings. The summed E-state index contributed by atoms with van der Waals surface area (Å²) in [5.41, 5.74) is 4.10. The van der Waals surface area contributed by atoms with Crippen LogP contribution < -0.4 is 10.6 Å². The maximum absolute atomic E-state index is 13.1. The number of anilines is 2. The van der Waals surface area contributed by atoms with Crippen LogP contribution in [0, 0.1) is 11.7 Å². The molecule has 0 bridgehead atoms. The number of hydrogen-bond acceptors (Lipinski definition) is 3. The first-order valence-corrected chi connectivity index (χ1v) is 11.0. The molecule has 6 nitrogen and oxygen atoms in total. The van der Waals surface area contributed by atoms with Gasteiger partial charge in [-0.15, -0.1) is 0 Å². The number of carbonyl (C=O) groups is 2. The van der Waals surface area contributed by atoms with Crippen molar-refractivity contribution in [2.24, 2.45) is 5.92 Å². The van der Waals surface area contributed by atoms with Crippen molar-refractivity contribution in [2.45, 2.75) is 25.7 Å². The fourth-order valence-corrected chi connectivity index (χ4v) is 4.17. The topological polar surface area (TPSA) is 86.9 Å². The highest BCUT2D eigenvalue weighted by atomic mass is 19.1. The largest absolute Gasteiger partial charge is 0.338 e. The van der Waals surface area contributed by atoms with E-state index >= 15 is 0 Å². The van der Waals surface area contributed by atoms with Gasteiger partial charge in [0, 0.05) is 28.4 Å². The third-order valence-corrected chi connectivity index (χ3v) is 6.00. The second-order valence-electron chi connectivity index (χ2n) is 8.33. The van der Waals surface area contributed by atoms with E-state index in [1.807, 2.05) is 24.3 Å². The molecular weight excluding hydrogens is 419 g/mol. The van der Waals surface area contributed by atoms with Gasteiger partial charge in [-0.05, 0) is 79.6 Å². The predicted octanol–water partition coefficient (Wildman–Crippen LogP) is 5.75. The van der Waals surface area contributed by atoms with E-state index in [1.165, 1.54) is 24.3 Å². The number of halogens is 1. The second kappa shape index (κ2) is 8.86. The molecule has 0 radical (unpaired) electrons. The average molecular weight is 442 g/mol. The number of imidazole rings is 1. The third kappa shape index (κ3) is 4.62. The summed E-state index contributed by atoms with van der Waals surface area (Å²) in [5.74, 6) is 0.241. The van der Waals surface area contributed by atoms with E-state index in [9.17, 15) is 14.0 Å². The molecule has 166 valence electrons. The number of carbonyl (C=O) groups excluding carboxylic acids is 2. The van der Waals surface area contributed by atoms with E-state index < -0.39 is 0 Å². The number of benzene rings is 3. The van der Waals surface area contributed by atoms with Gasteiger partial charge in [-0.25, -0.2) is 9.37 Å². The summed E-state index contributed by atoms with van der Waals surface area (Å²) in [6.45, 7) is 0. The lowest BCUT2D eigenvalue weighted by Crippen LogP contribution is -2.20. The van der Waals surface area contributed by atoms with E-state index in [4.69, 9.17) is 0 Å². The smallest absolute Gasteiger partial charge is 0.255 e. The quantitative estimate of drug-likeness (QED) is 0.368. The fraction of sp³-hybridized carbons (Fsp3) is 0.192. The van der Waals surface area contributed by atoms with Crippen LogP contribution in [0.3, 0.4) is 0 Å². The number of aromatic amines is 1. The molecule has 0 atom stereocenters. The summed E-state index contributed by atoms with van der Waals surface area (Å²) in [5, 5.41) is 5.75. The monoisotopic (exact) mass is 442 g/mol. The maximum atomic E-state index is 13.1. The van der Waals surface area contributed by atoms with Crippen molar-refractivity contribution < 1.29 is 14.0 Å². The number of amides is 2. The first-order valence-electron chi connectivity index (χ1n) is 11.0. The molecule has 33 heavy (non-hydrogen) atoms. The Morgan fingerprint density at radius 2 is 1.55 bits per heavy atom. The number of rotatable bonds is 5. The molecule has 1 fully saturated rings. The van der Waals surface area contributed by atoms with Crippen LogP contribution in [0.4, 0.5) is 15.8 Å². The highest BCUT2D eigenvalue weighted by Crippen LogP contribution is 2.27. The molecule has 4 aromatic rings. The molecule has 3 N–H and O–H groups in total. The van der Waals surface area contributed by atoms with E-state index in [1.54, 1.807) is 18.2 Å². The normalized spacial score (nSPS) is 13.8. The Balaban J connectivity index is 1.30. The lowest BCUT2D eigenvalue weighted by atomic mass is 10.1. The molecule has 5 rings (SSSR count). The standard InChI is InChI=1S/C26H23FN4O2/c27-19-8-12-21(13-9-19)29-26(33)18-7-14-22-23(15-18)31-24(30-22)16-5-10-20(11-6-16)28-25(32)17-3-1-2-4-17/h5-15,17H,1-4H2,(H,28,32)(H,29,33)(H,30,31). The summed E-state index contributed by atoms with van der Waals surface area (Å²) in [4.78, 5) is 32.8. The molecule has 2 amide bonds. The Hall–Kier alpha value is -4.00. The zero-order chi connectivity index (χ0) is 22.8. The third-order valence-electron chi connectivity index (χ3n) is 6.00. The molecule has 1 heterocycles. The summed E-state index contributed by atoms with van der Waals surface area (Å²) < 4.78 is 13.1. The molecule has 7 heteroatoms. The number of hydrogen-bond donors (Lipinski definition) is 3. The highest BCUT2D eigenvalue weighted by Gasteiger charge is 2.22. The Morgan fingerprint density at radius 3 is 2.27 bits per heavy atom. The van der Waals surface area contributed by atoms with Crippen LogP contribution in [-0.2, 0) is 4.79 Å². The van der Waals surface area contributed by atoms with Crippen LogP contribution in [0.2, 0.25) is 0 Å². The van der Waals surface area contributed by atoms with Crippen LogP contribution in [0.25, 0.3) is 22.4 Å². The van der Waals surface area contributed by atoms with Crippen molar-refractivity contribution in [3.8, 4) is 11.4 Å². The van der Waals surface area contributed by atoms with Gasteiger partial charge in [0.05, 0.1) is 11.0 Å². The first-order chi connectivity index (χ1) is 16.0. The van der Waals surface area contributed by atoms with Crippen LogP contribution >= 0.6 is 0 Å². The van der Waals surface area contributed by atoms with E-state index in [0.29, 0.717) is 17.1 Å². The van der Waals surface area contributed by atoms with Gasteiger partial charge < -0.3 is 15.6 Å². The van der Waals surface area contributed by atoms with Gasteiger partial charge in [0.15, 0.2) is 0 Å². The second-order valence-corrected chi connectivity index (χ2v) is 8.33. The van der Waals surface area contributed by atoms with Crippen molar-refractivity contribution in [3.05, 3.63) is 78.1 Å². The number of nitrogens with zero attached hydrogens (tertiary/aromatic N) is 1. The molecule has 1 aliphatic carbocycles. The Labute approximate surface area is 190 Å². The van der Waals surface area contributed by atoms with Crippen molar-refractivity contribution in [1.82, 2.24) is 9.97 Å². The van der Waals surface area contributed by atoms with E-state index in [-0.39, 0.29) is 23.5 Å². The molecular formula is C26H23FN4O2. The van der Waals surface area contributed by atoms with E-state index in [0.717, 1.165) is 48.0 Å².